The van der Waals surface area contributed by atoms with Crippen LogP contribution >= 0.6 is 22.6 Å². The van der Waals surface area contributed by atoms with Gasteiger partial charge in [-0.25, -0.2) is 4.39 Å². The Bertz CT molecular complexity index is 524. The van der Waals surface area contributed by atoms with E-state index in [1.807, 2.05) is 17.8 Å². The summed E-state index contributed by atoms with van der Waals surface area (Å²) in [5.74, 6) is -0.215. The number of hydrogen-bond donors (Lipinski definition) is 1. The van der Waals surface area contributed by atoms with Gasteiger partial charge in [-0.1, -0.05) is 0 Å². The number of hydrogen-bond acceptors (Lipinski definition) is 2. The van der Waals surface area contributed by atoms with Crippen molar-refractivity contribution in [2.24, 2.45) is 7.05 Å². The average molecular weight is 345 g/mol. The van der Waals surface area contributed by atoms with Crippen molar-refractivity contribution in [1.82, 2.24) is 9.78 Å². The molecule has 1 unspecified atom stereocenters. The van der Waals surface area contributed by atoms with Crippen LogP contribution in [-0.2, 0) is 7.05 Å². The number of rotatable bonds is 3. The van der Waals surface area contributed by atoms with Gasteiger partial charge in [-0.3, -0.25) is 4.68 Å². The highest BCUT2D eigenvalue weighted by molar-refractivity contribution is 14.1. The molecule has 1 atom stereocenters. The Labute approximate surface area is 113 Å². The minimum Gasteiger partial charge on any atom is -0.376 e. The van der Waals surface area contributed by atoms with E-state index in [-0.39, 0.29) is 11.9 Å². The van der Waals surface area contributed by atoms with Gasteiger partial charge in [-0.2, -0.15) is 5.10 Å². The van der Waals surface area contributed by atoms with E-state index in [1.54, 1.807) is 12.3 Å². The Morgan fingerprint density at radius 2 is 2.18 bits per heavy atom. The molecule has 0 saturated carbocycles. The second-order valence-electron chi connectivity index (χ2n) is 3.87. The molecule has 1 heterocycles. The summed E-state index contributed by atoms with van der Waals surface area (Å²) in [5.41, 5.74) is 2.02. The maximum Gasteiger partial charge on any atom is 0.124 e. The molecule has 0 aliphatic carbocycles. The largest absolute Gasteiger partial charge is 0.376 e. The van der Waals surface area contributed by atoms with Crippen LogP contribution in [0, 0.1) is 9.39 Å². The first-order chi connectivity index (χ1) is 8.08. The third-order valence-electron chi connectivity index (χ3n) is 2.61. The lowest BCUT2D eigenvalue weighted by molar-refractivity contribution is 0.626. The van der Waals surface area contributed by atoms with Crippen molar-refractivity contribution >= 4 is 28.3 Å². The maximum absolute atomic E-state index is 13.0. The maximum atomic E-state index is 13.0. The van der Waals surface area contributed by atoms with Crippen LogP contribution < -0.4 is 5.32 Å². The van der Waals surface area contributed by atoms with Gasteiger partial charge in [0.1, 0.15) is 5.82 Å². The Morgan fingerprint density at radius 3 is 2.76 bits per heavy atom. The number of aryl methyl sites for hydroxylation is 1. The smallest absolute Gasteiger partial charge is 0.124 e. The van der Waals surface area contributed by atoms with Crippen molar-refractivity contribution < 1.29 is 4.39 Å². The zero-order valence-electron chi connectivity index (χ0n) is 9.61. The van der Waals surface area contributed by atoms with Gasteiger partial charge in [0.25, 0.3) is 0 Å². The van der Waals surface area contributed by atoms with Crippen LogP contribution in [0.25, 0.3) is 0 Å². The zero-order chi connectivity index (χ0) is 12.4. The van der Waals surface area contributed by atoms with Gasteiger partial charge in [0, 0.05) is 22.5 Å². The molecule has 3 nitrogen and oxygen atoms in total. The molecule has 0 saturated heterocycles. The van der Waals surface area contributed by atoms with E-state index >= 15 is 0 Å². The monoisotopic (exact) mass is 345 g/mol. The van der Waals surface area contributed by atoms with E-state index in [4.69, 9.17) is 0 Å². The van der Waals surface area contributed by atoms with Gasteiger partial charge < -0.3 is 5.32 Å². The van der Waals surface area contributed by atoms with E-state index in [0.717, 1.165) is 15.0 Å². The van der Waals surface area contributed by atoms with Gasteiger partial charge in [0.15, 0.2) is 0 Å². The van der Waals surface area contributed by atoms with Crippen LogP contribution in [0.1, 0.15) is 18.7 Å². The molecule has 0 fully saturated rings. The molecule has 17 heavy (non-hydrogen) atoms. The molecular formula is C12H13FIN3. The van der Waals surface area contributed by atoms with Gasteiger partial charge in [0.05, 0.1) is 11.7 Å². The summed E-state index contributed by atoms with van der Waals surface area (Å²) >= 11 is 2.12. The molecule has 0 aliphatic heterocycles. The number of halogens is 2. The molecule has 1 aromatic heterocycles. The van der Waals surface area contributed by atoms with Crippen LogP contribution in [0.15, 0.2) is 30.5 Å². The minimum atomic E-state index is -0.215. The lowest BCUT2D eigenvalue weighted by atomic mass is 10.2. The number of nitrogens with zero attached hydrogens (tertiary/aromatic N) is 2. The number of anilines is 1. The molecule has 0 aliphatic rings. The van der Waals surface area contributed by atoms with Gasteiger partial charge in [0.2, 0.25) is 0 Å². The molecule has 1 N–H and O–H groups in total. The first-order valence-electron chi connectivity index (χ1n) is 5.27. The average Bonchev–Trinajstić information content (AvgIpc) is 2.68. The number of aromatic nitrogens is 2. The van der Waals surface area contributed by atoms with E-state index < -0.39 is 0 Å². The number of nitrogens with one attached hydrogen (secondary N) is 1. The van der Waals surface area contributed by atoms with Gasteiger partial charge >= 0.3 is 0 Å². The molecule has 0 radical (unpaired) electrons. The van der Waals surface area contributed by atoms with Gasteiger partial charge in [-0.15, -0.1) is 0 Å². The molecule has 0 amide bonds. The summed E-state index contributed by atoms with van der Waals surface area (Å²) in [6, 6.07) is 6.82. The van der Waals surface area contributed by atoms with Crippen molar-refractivity contribution in [1.29, 1.82) is 0 Å². The fourth-order valence-electron chi connectivity index (χ4n) is 1.72. The highest BCUT2D eigenvalue weighted by Gasteiger charge is 2.10. The molecule has 90 valence electrons. The summed E-state index contributed by atoms with van der Waals surface area (Å²) in [6.07, 6.45) is 1.77. The summed E-state index contributed by atoms with van der Waals surface area (Å²) in [4.78, 5) is 0. The fraction of sp³-hybridized carbons (Fsp3) is 0.250. The lowest BCUT2D eigenvalue weighted by Gasteiger charge is -2.16. The van der Waals surface area contributed by atoms with Crippen molar-refractivity contribution in [2.45, 2.75) is 13.0 Å². The van der Waals surface area contributed by atoms with E-state index in [9.17, 15) is 4.39 Å². The first kappa shape index (κ1) is 12.3. The molecule has 0 spiro atoms. The second kappa shape index (κ2) is 5.03. The second-order valence-corrected chi connectivity index (χ2v) is 5.03. The molecule has 1 aromatic carbocycles. The van der Waals surface area contributed by atoms with E-state index in [0.29, 0.717) is 0 Å². The third-order valence-corrected chi connectivity index (χ3v) is 3.50. The quantitative estimate of drug-likeness (QED) is 0.865. The normalized spacial score (nSPS) is 12.5. The van der Waals surface area contributed by atoms with E-state index in [1.165, 1.54) is 12.1 Å². The van der Waals surface area contributed by atoms with Crippen molar-refractivity contribution in [3.63, 3.8) is 0 Å². The Hall–Kier alpha value is -1.11. The Balaban J connectivity index is 2.19. The summed E-state index contributed by atoms with van der Waals surface area (Å²) in [6.45, 7) is 2.05. The predicted molar refractivity (Wildman–Crippen MR) is 74.4 cm³/mol. The Kier molecular flexibility index (Phi) is 3.66. The Morgan fingerprint density at radius 1 is 1.41 bits per heavy atom. The number of benzene rings is 1. The van der Waals surface area contributed by atoms with Crippen molar-refractivity contribution in [3.8, 4) is 0 Å². The summed E-state index contributed by atoms with van der Waals surface area (Å²) < 4.78 is 15.7. The van der Waals surface area contributed by atoms with Crippen LogP contribution in [0.2, 0.25) is 0 Å². The molecule has 2 aromatic rings. The standard InChI is InChI=1S/C12H13FIN3/c1-8(12-5-6-15-17(12)2)16-11-4-3-9(13)7-10(11)14/h3-8,16H,1-2H3. The van der Waals surface area contributed by atoms with Crippen LogP contribution in [0.4, 0.5) is 10.1 Å². The van der Waals surface area contributed by atoms with E-state index in [2.05, 4.69) is 39.9 Å². The third kappa shape index (κ3) is 2.77. The highest BCUT2D eigenvalue weighted by Crippen LogP contribution is 2.24. The van der Waals surface area contributed by atoms with Gasteiger partial charge in [-0.05, 0) is 53.8 Å². The highest BCUT2D eigenvalue weighted by atomic mass is 127. The lowest BCUT2D eigenvalue weighted by Crippen LogP contribution is -2.12. The van der Waals surface area contributed by atoms with Crippen molar-refractivity contribution in [3.05, 3.63) is 45.5 Å². The molecular weight excluding hydrogens is 332 g/mol. The predicted octanol–water partition coefficient (Wildman–Crippen LogP) is 3.34. The van der Waals surface area contributed by atoms with Crippen LogP contribution in [0.3, 0.4) is 0 Å². The minimum absolute atomic E-state index is 0.126. The zero-order valence-corrected chi connectivity index (χ0v) is 11.8. The topological polar surface area (TPSA) is 29.9 Å². The van der Waals surface area contributed by atoms with Crippen LogP contribution in [-0.4, -0.2) is 9.78 Å². The fourth-order valence-corrected chi connectivity index (χ4v) is 2.36. The molecule has 5 heteroatoms. The van der Waals surface area contributed by atoms with Crippen molar-refractivity contribution in [2.75, 3.05) is 5.32 Å². The van der Waals surface area contributed by atoms with Crippen LogP contribution in [0.5, 0.6) is 0 Å². The first-order valence-corrected chi connectivity index (χ1v) is 6.35. The molecule has 0 bridgehead atoms. The summed E-state index contributed by atoms with van der Waals surface area (Å²) in [5, 5.41) is 7.48. The molecule has 2 rings (SSSR count). The summed E-state index contributed by atoms with van der Waals surface area (Å²) in [7, 11) is 1.91. The SMILES string of the molecule is CC(Nc1ccc(F)cc1I)c1ccnn1C.